The van der Waals surface area contributed by atoms with Gasteiger partial charge < -0.3 is 4.74 Å². The Bertz CT molecular complexity index is 481. The first-order valence-corrected chi connectivity index (χ1v) is 6.64. The van der Waals surface area contributed by atoms with E-state index in [1.54, 1.807) is 18.3 Å². The molecule has 0 unspecified atom stereocenters. The molecule has 0 amide bonds. The molecule has 6 heteroatoms. The maximum atomic E-state index is 12.3. The van der Waals surface area contributed by atoms with Crippen LogP contribution in [0.4, 0.5) is 13.2 Å². The maximum Gasteiger partial charge on any atom is 0.391 e. The highest BCUT2D eigenvalue weighted by molar-refractivity contribution is 9.10. The third-order valence-electron chi connectivity index (χ3n) is 3.22. The topological polar surface area (TPSA) is 22.1 Å². The molecule has 2 rings (SSSR count). The van der Waals surface area contributed by atoms with Crippen molar-refractivity contribution in [1.82, 2.24) is 4.98 Å². The van der Waals surface area contributed by atoms with Gasteiger partial charge in [-0.1, -0.05) is 12.2 Å². The smallest absolute Gasteiger partial charge is 0.391 e. The van der Waals surface area contributed by atoms with Crippen LogP contribution in [0.15, 0.2) is 22.8 Å². The molecule has 0 aromatic carbocycles. The van der Waals surface area contributed by atoms with Crippen molar-refractivity contribution in [2.75, 3.05) is 7.11 Å². The summed E-state index contributed by atoms with van der Waals surface area (Å²) in [6, 6.07) is 1.82. The molecule has 0 aliphatic heterocycles. The standard InChI is InChI=1S/C13H13BrF3NO/c1-19-12-9(6-11(14)7-18-12)3-2-8-4-10(5-8)13(15,16)17/h2-3,6-8,10H,4-5H2,1H3/b3-2+/t8-,10-. The van der Waals surface area contributed by atoms with Crippen LogP contribution in [0.5, 0.6) is 5.88 Å². The first-order valence-electron chi connectivity index (χ1n) is 5.84. The van der Waals surface area contributed by atoms with Gasteiger partial charge in [0.05, 0.1) is 13.0 Å². The van der Waals surface area contributed by atoms with Gasteiger partial charge in [0.25, 0.3) is 0 Å². The number of hydrogen-bond acceptors (Lipinski definition) is 2. The van der Waals surface area contributed by atoms with Crippen molar-refractivity contribution in [2.45, 2.75) is 19.0 Å². The zero-order chi connectivity index (χ0) is 14.0. The Labute approximate surface area is 117 Å². The summed E-state index contributed by atoms with van der Waals surface area (Å²) in [5, 5.41) is 0. The molecule has 1 heterocycles. The van der Waals surface area contributed by atoms with E-state index in [1.165, 1.54) is 7.11 Å². The van der Waals surface area contributed by atoms with Gasteiger partial charge in [0.1, 0.15) is 0 Å². The highest BCUT2D eigenvalue weighted by atomic mass is 79.9. The van der Waals surface area contributed by atoms with Gasteiger partial charge in [-0.05, 0) is 40.8 Å². The van der Waals surface area contributed by atoms with Crippen LogP contribution in [0.25, 0.3) is 6.08 Å². The minimum Gasteiger partial charge on any atom is -0.481 e. The fourth-order valence-corrected chi connectivity index (χ4v) is 2.41. The SMILES string of the molecule is COc1ncc(Br)cc1/C=C/[C@H]1C[C@H](C(F)(F)F)C1. The number of hydrogen-bond donors (Lipinski definition) is 0. The van der Waals surface area contributed by atoms with Gasteiger partial charge >= 0.3 is 6.18 Å². The highest BCUT2D eigenvalue weighted by Gasteiger charge is 2.46. The summed E-state index contributed by atoms with van der Waals surface area (Å²) >= 11 is 3.30. The van der Waals surface area contributed by atoms with Crippen LogP contribution in [-0.2, 0) is 0 Å². The van der Waals surface area contributed by atoms with Gasteiger partial charge in [0.2, 0.25) is 5.88 Å². The summed E-state index contributed by atoms with van der Waals surface area (Å²) in [5.41, 5.74) is 0.757. The van der Waals surface area contributed by atoms with E-state index >= 15 is 0 Å². The van der Waals surface area contributed by atoms with E-state index in [0.29, 0.717) is 5.88 Å². The summed E-state index contributed by atoms with van der Waals surface area (Å²) in [6.45, 7) is 0. The second kappa shape index (κ2) is 5.53. The van der Waals surface area contributed by atoms with Gasteiger partial charge in [0.15, 0.2) is 0 Å². The summed E-state index contributed by atoms with van der Waals surface area (Å²) in [4.78, 5) is 4.07. The summed E-state index contributed by atoms with van der Waals surface area (Å²) in [5.74, 6) is -0.703. The van der Waals surface area contributed by atoms with Gasteiger partial charge in [-0.15, -0.1) is 0 Å². The average molecular weight is 336 g/mol. The molecule has 2 nitrogen and oxygen atoms in total. The van der Waals surface area contributed by atoms with E-state index < -0.39 is 12.1 Å². The van der Waals surface area contributed by atoms with Gasteiger partial charge in [-0.25, -0.2) is 4.98 Å². The van der Waals surface area contributed by atoms with Crippen molar-refractivity contribution in [1.29, 1.82) is 0 Å². The molecule has 1 aromatic rings. The van der Waals surface area contributed by atoms with Gasteiger partial charge in [-0.2, -0.15) is 13.2 Å². The molecule has 0 saturated heterocycles. The second-order valence-corrected chi connectivity index (χ2v) is 5.50. The molecule has 0 atom stereocenters. The Morgan fingerprint density at radius 2 is 2.11 bits per heavy atom. The first-order chi connectivity index (χ1) is 8.90. The van der Waals surface area contributed by atoms with E-state index in [0.717, 1.165) is 10.0 Å². The second-order valence-electron chi connectivity index (χ2n) is 4.58. The quantitative estimate of drug-likeness (QED) is 0.813. The number of pyridine rings is 1. The molecule has 19 heavy (non-hydrogen) atoms. The van der Waals surface area contributed by atoms with E-state index in [1.807, 2.05) is 6.07 Å². The van der Waals surface area contributed by atoms with Crippen molar-refractivity contribution in [2.24, 2.45) is 11.8 Å². The molecule has 0 N–H and O–H groups in total. The minimum atomic E-state index is -4.06. The van der Waals surface area contributed by atoms with E-state index in [-0.39, 0.29) is 18.8 Å². The molecule has 0 spiro atoms. The lowest BCUT2D eigenvalue weighted by Gasteiger charge is -2.34. The number of methoxy groups -OCH3 is 1. The molecule has 1 aliphatic carbocycles. The Morgan fingerprint density at radius 3 is 2.68 bits per heavy atom. The molecular formula is C13H13BrF3NO. The molecule has 0 bridgehead atoms. The molecule has 1 aliphatic rings. The number of alkyl halides is 3. The number of aromatic nitrogens is 1. The predicted molar refractivity (Wildman–Crippen MR) is 69.8 cm³/mol. The van der Waals surface area contributed by atoms with Crippen LogP contribution in [0.2, 0.25) is 0 Å². The monoisotopic (exact) mass is 335 g/mol. The van der Waals surface area contributed by atoms with Crippen molar-refractivity contribution >= 4 is 22.0 Å². The van der Waals surface area contributed by atoms with Crippen molar-refractivity contribution in [3.8, 4) is 5.88 Å². The van der Waals surface area contributed by atoms with Crippen LogP contribution in [0.3, 0.4) is 0 Å². The fraction of sp³-hybridized carbons (Fsp3) is 0.462. The average Bonchev–Trinajstić information content (AvgIpc) is 2.25. The molecule has 1 aromatic heterocycles. The number of ether oxygens (including phenoxy) is 1. The van der Waals surface area contributed by atoms with Crippen molar-refractivity contribution in [3.05, 3.63) is 28.4 Å². The Balaban J connectivity index is 1.99. The molecule has 1 saturated carbocycles. The van der Waals surface area contributed by atoms with E-state index in [2.05, 4.69) is 20.9 Å². The van der Waals surface area contributed by atoms with Crippen LogP contribution >= 0.6 is 15.9 Å². The maximum absolute atomic E-state index is 12.3. The highest BCUT2D eigenvalue weighted by Crippen LogP contribution is 2.45. The third kappa shape index (κ3) is 3.49. The zero-order valence-corrected chi connectivity index (χ0v) is 11.8. The largest absolute Gasteiger partial charge is 0.481 e. The fourth-order valence-electron chi connectivity index (χ4n) is 2.06. The third-order valence-corrected chi connectivity index (χ3v) is 3.66. The number of nitrogens with zero attached hydrogens (tertiary/aromatic N) is 1. The summed E-state index contributed by atoms with van der Waals surface area (Å²) < 4.78 is 42.9. The number of halogens is 4. The molecular weight excluding hydrogens is 323 g/mol. The zero-order valence-electron chi connectivity index (χ0n) is 10.2. The minimum absolute atomic E-state index is 0.0182. The van der Waals surface area contributed by atoms with Gasteiger partial charge in [0, 0.05) is 16.2 Å². The predicted octanol–water partition coefficient (Wildman–Crippen LogP) is 4.45. The van der Waals surface area contributed by atoms with Crippen LogP contribution < -0.4 is 4.74 Å². The lowest BCUT2D eigenvalue weighted by Crippen LogP contribution is -2.34. The summed E-state index contributed by atoms with van der Waals surface area (Å²) in [6.07, 6.45) is 1.47. The molecule has 0 radical (unpaired) electrons. The number of allylic oxidation sites excluding steroid dienone is 1. The van der Waals surface area contributed by atoms with Crippen LogP contribution in [0.1, 0.15) is 18.4 Å². The van der Waals surface area contributed by atoms with Crippen molar-refractivity contribution < 1.29 is 17.9 Å². The first kappa shape index (κ1) is 14.4. The van der Waals surface area contributed by atoms with Crippen LogP contribution in [-0.4, -0.2) is 18.3 Å². The number of rotatable bonds is 3. The Morgan fingerprint density at radius 1 is 1.42 bits per heavy atom. The normalized spacial score (nSPS) is 23.4. The van der Waals surface area contributed by atoms with Crippen molar-refractivity contribution in [3.63, 3.8) is 0 Å². The summed E-state index contributed by atoms with van der Waals surface area (Å²) in [7, 11) is 1.51. The molecule has 1 fully saturated rings. The Hall–Kier alpha value is -1.04. The van der Waals surface area contributed by atoms with E-state index in [4.69, 9.17) is 4.74 Å². The molecule has 104 valence electrons. The van der Waals surface area contributed by atoms with Gasteiger partial charge in [-0.3, -0.25) is 0 Å². The Kier molecular flexibility index (Phi) is 4.18. The van der Waals surface area contributed by atoms with E-state index in [9.17, 15) is 13.2 Å². The van der Waals surface area contributed by atoms with Crippen LogP contribution in [0, 0.1) is 11.8 Å². The lowest BCUT2D eigenvalue weighted by molar-refractivity contribution is -0.200. The lowest BCUT2D eigenvalue weighted by atomic mass is 9.74.